The number of nitrogens with one attached hydrogen (secondary N) is 1. The third-order valence-corrected chi connectivity index (χ3v) is 5.60. The van der Waals surface area contributed by atoms with Crippen molar-refractivity contribution in [1.82, 2.24) is 24.8 Å². The molecular formula is C21H20ClN5O2S. The molecule has 1 aliphatic heterocycles. The van der Waals surface area contributed by atoms with Crippen LogP contribution in [0.5, 0.6) is 0 Å². The fraction of sp³-hybridized carbons (Fsp3) is 0.238. The number of rotatable bonds is 6. The lowest BCUT2D eigenvalue weighted by molar-refractivity contribution is -0.140. The number of thiocarbonyl (C=S) groups is 1. The number of ether oxygens (including phenoxy) is 1. The van der Waals surface area contributed by atoms with Crippen LogP contribution >= 0.6 is 23.8 Å². The van der Waals surface area contributed by atoms with Gasteiger partial charge in [-0.15, -0.1) is 0 Å². The van der Waals surface area contributed by atoms with Crippen molar-refractivity contribution < 1.29 is 9.53 Å². The third kappa shape index (κ3) is 4.01. The first-order valence-corrected chi connectivity index (χ1v) is 10.2. The number of methoxy groups -OCH3 is 1. The number of carbonyl (C=O) groups excluding carboxylic acids is 1. The Morgan fingerprint density at radius 2 is 2.10 bits per heavy atom. The van der Waals surface area contributed by atoms with E-state index in [0.29, 0.717) is 16.7 Å². The minimum absolute atomic E-state index is 0.183. The highest BCUT2D eigenvalue weighted by Crippen LogP contribution is 2.39. The molecule has 2 atom stereocenters. The molecule has 1 N–H and O–H groups in total. The number of nitrogens with zero attached hydrogens (tertiary/aromatic N) is 4. The van der Waals surface area contributed by atoms with Gasteiger partial charge in [0.2, 0.25) is 0 Å². The molecule has 4 rings (SSSR count). The van der Waals surface area contributed by atoms with E-state index in [1.54, 1.807) is 18.5 Å². The Hall–Kier alpha value is -2.97. The van der Waals surface area contributed by atoms with Crippen LogP contribution in [0.3, 0.4) is 0 Å². The van der Waals surface area contributed by atoms with Gasteiger partial charge in [0.25, 0.3) is 0 Å². The van der Waals surface area contributed by atoms with E-state index < -0.39 is 0 Å². The number of hydrogen-bond donors (Lipinski definition) is 1. The van der Waals surface area contributed by atoms with E-state index in [1.807, 2.05) is 52.1 Å². The van der Waals surface area contributed by atoms with Gasteiger partial charge < -0.3 is 19.5 Å². The number of esters is 1. The van der Waals surface area contributed by atoms with Gasteiger partial charge in [-0.2, -0.15) is 0 Å². The molecule has 0 aliphatic carbocycles. The minimum Gasteiger partial charge on any atom is -0.469 e. The minimum atomic E-state index is -0.285. The molecule has 0 spiro atoms. The molecule has 7 nitrogen and oxygen atoms in total. The molecule has 1 fully saturated rings. The summed E-state index contributed by atoms with van der Waals surface area (Å²) >= 11 is 11.6. The SMILES string of the molecule is COC(=O)CCN1C(=S)N[C@@H](c2ccccn2)[C@H]1c1cccn1-c1ccc(Cl)cn1. The van der Waals surface area contributed by atoms with Crippen LogP contribution in [0.25, 0.3) is 5.82 Å². The average molecular weight is 442 g/mol. The van der Waals surface area contributed by atoms with Gasteiger partial charge in [-0.1, -0.05) is 17.7 Å². The standard InChI is InChI=1S/C21H20ClN5O2S/c1-29-18(28)9-12-27-20(19(25-21(27)30)15-5-2-3-10-23-15)16-6-4-11-26(16)17-8-7-14(22)13-24-17/h2-8,10-11,13,19-20H,9,12H2,1H3,(H,25,30)/t19-,20+/m0/s1. The quantitative estimate of drug-likeness (QED) is 0.464. The topological polar surface area (TPSA) is 72.3 Å². The van der Waals surface area contributed by atoms with Crippen molar-refractivity contribution >= 4 is 34.9 Å². The molecule has 154 valence electrons. The molecule has 0 bridgehead atoms. The van der Waals surface area contributed by atoms with Crippen LogP contribution in [0.1, 0.15) is 29.9 Å². The van der Waals surface area contributed by atoms with Crippen molar-refractivity contribution in [2.45, 2.75) is 18.5 Å². The Balaban J connectivity index is 1.75. The van der Waals surface area contributed by atoms with Gasteiger partial charge in [-0.05, 0) is 48.6 Å². The summed E-state index contributed by atoms with van der Waals surface area (Å²) in [5.74, 6) is 0.456. The molecule has 0 radical (unpaired) electrons. The van der Waals surface area contributed by atoms with Crippen molar-refractivity contribution in [3.8, 4) is 5.82 Å². The predicted molar refractivity (Wildman–Crippen MR) is 117 cm³/mol. The summed E-state index contributed by atoms with van der Waals surface area (Å²) in [6, 6.07) is 13.1. The molecule has 0 unspecified atom stereocenters. The maximum absolute atomic E-state index is 11.8. The van der Waals surface area contributed by atoms with Crippen LogP contribution in [0.2, 0.25) is 5.02 Å². The summed E-state index contributed by atoms with van der Waals surface area (Å²) in [5, 5.41) is 4.51. The molecule has 0 amide bonds. The Kier molecular flexibility index (Phi) is 5.96. The summed E-state index contributed by atoms with van der Waals surface area (Å²) in [4.78, 5) is 22.8. The van der Waals surface area contributed by atoms with Gasteiger partial charge in [-0.25, -0.2) is 4.98 Å². The first-order chi connectivity index (χ1) is 14.6. The summed E-state index contributed by atoms with van der Waals surface area (Å²) in [6.07, 6.45) is 5.54. The molecule has 0 aromatic carbocycles. The first kappa shape index (κ1) is 20.3. The fourth-order valence-electron chi connectivity index (χ4n) is 3.64. The van der Waals surface area contributed by atoms with E-state index in [9.17, 15) is 4.79 Å². The lowest BCUT2D eigenvalue weighted by Gasteiger charge is -2.28. The van der Waals surface area contributed by atoms with E-state index in [2.05, 4.69) is 15.3 Å². The van der Waals surface area contributed by atoms with Gasteiger partial charge in [0.1, 0.15) is 5.82 Å². The zero-order chi connectivity index (χ0) is 21.1. The summed E-state index contributed by atoms with van der Waals surface area (Å²) < 4.78 is 6.82. The van der Waals surface area contributed by atoms with Crippen molar-refractivity contribution in [2.75, 3.05) is 13.7 Å². The molecule has 1 aliphatic rings. The molecule has 3 aromatic rings. The molecule has 1 saturated heterocycles. The lowest BCUT2D eigenvalue weighted by atomic mass is 10.0. The summed E-state index contributed by atoms with van der Waals surface area (Å²) in [5.41, 5.74) is 1.83. The average Bonchev–Trinajstić information content (AvgIpc) is 3.37. The van der Waals surface area contributed by atoms with Gasteiger partial charge in [0.15, 0.2) is 5.11 Å². The monoisotopic (exact) mass is 441 g/mol. The first-order valence-electron chi connectivity index (χ1n) is 9.42. The van der Waals surface area contributed by atoms with Crippen molar-refractivity contribution in [1.29, 1.82) is 0 Å². The summed E-state index contributed by atoms with van der Waals surface area (Å²) in [7, 11) is 1.38. The Morgan fingerprint density at radius 1 is 1.23 bits per heavy atom. The third-order valence-electron chi connectivity index (χ3n) is 5.02. The van der Waals surface area contributed by atoms with Gasteiger partial charge in [0, 0.05) is 30.8 Å². The fourth-order valence-corrected chi connectivity index (χ4v) is 4.08. The van der Waals surface area contributed by atoms with E-state index >= 15 is 0 Å². The van der Waals surface area contributed by atoms with Crippen molar-refractivity contribution in [2.24, 2.45) is 0 Å². The second-order valence-corrected chi connectivity index (χ2v) is 7.61. The maximum Gasteiger partial charge on any atom is 0.307 e. The maximum atomic E-state index is 11.8. The lowest BCUT2D eigenvalue weighted by Crippen LogP contribution is -2.32. The highest BCUT2D eigenvalue weighted by atomic mass is 35.5. The van der Waals surface area contributed by atoms with Crippen molar-refractivity contribution in [3.63, 3.8) is 0 Å². The Labute approximate surface area is 184 Å². The predicted octanol–water partition coefficient (Wildman–Crippen LogP) is 3.46. The van der Waals surface area contributed by atoms with Crippen LogP contribution < -0.4 is 5.32 Å². The number of aromatic nitrogens is 3. The zero-order valence-electron chi connectivity index (χ0n) is 16.2. The van der Waals surface area contributed by atoms with Crippen LogP contribution in [-0.4, -0.2) is 44.2 Å². The number of hydrogen-bond acceptors (Lipinski definition) is 5. The van der Waals surface area contributed by atoms with E-state index in [0.717, 1.165) is 17.2 Å². The smallest absolute Gasteiger partial charge is 0.307 e. The normalized spacial score (nSPS) is 18.3. The van der Waals surface area contributed by atoms with Crippen molar-refractivity contribution in [3.05, 3.63) is 77.5 Å². The summed E-state index contributed by atoms with van der Waals surface area (Å²) in [6.45, 7) is 0.422. The Bertz CT molecular complexity index is 1040. The van der Waals surface area contributed by atoms with E-state index in [4.69, 9.17) is 28.6 Å². The van der Waals surface area contributed by atoms with Gasteiger partial charge in [-0.3, -0.25) is 9.78 Å². The largest absolute Gasteiger partial charge is 0.469 e. The second kappa shape index (κ2) is 8.81. The van der Waals surface area contributed by atoms with Crippen LogP contribution in [-0.2, 0) is 9.53 Å². The van der Waals surface area contributed by atoms with Crippen LogP contribution in [0.15, 0.2) is 61.1 Å². The van der Waals surface area contributed by atoms with Crippen LogP contribution in [0, 0.1) is 0 Å². The molecule has 3 aromatic heterocycles. The van der Waals surface area contributed by atoms with Gasteiger partial charge >= 0.3 is 5.97 Å². The van der Waals surface area contributed by atoms with E-state index in [1.165, 1.54) is 7.11 Å². The molecule has 30 heavy (non-hydrogen) atoms. The van der Waals surface area contributed by atoms with Crippen LogP contribution in [0.4, 0.5) is 0 Å². The van der Waals surface area contributed by atoms with Gasteiger partial charge in [0.05, 0.1) is 36.3 Å². The molecule has 4 heterocycles. The number of pyridine rings is 2. The van der Waals surface area contributed by atoms with E-state index in [-0.39, 0.29) is 24.5 Å². The number of carbonyl (C=O) groups is 1. The Morgan fingerprint density at radius 3 is 2.80 bits per heavy atom. The molecule has 9 heteroatoms. The number of halogens is 1. The highest BCUT2D eigenvalue weighted by Gasteiger charge is 2.41. The molecular weight excluding hydrogens is 422 g/mol. The molecule has 0 saturated carbocycles. The highest BCUT2D eigenvalue weighted by molar-refractivity contribution is 7.80. The second-order valence-electron chi connectivity index (χ2n) is 6.78. The zero-order valence-corrected chi connectivity index (χ0v) is 17.8.